The zero-order valence-electron chi connectivity index (χ0n) is 17.1. The van der Waals surface area contributed by atoms with Gasteiger partial charge >= 0.3 is 0 Å². The highest BCUT2D eigenvalue weighted by molar-refractivity contribution is 4.50. The molecule has 0 saturated carbocycles. The van der Waals surface area contributed by atoms with Crippen LogP contribution < -0.4 is 0 Å². The maximum Gasteiger partial charge on any atom is 0.203 e. The summed E-state index contributed by atoms with van der Waals surface area (Å²) in [4.78, 5) is 10.00. The van der Waals surface area contributed by atoms with Gasteiger partial charge < -0.3 is 0 Å². The van der Waals surface area contributed by atoms with Crippen molar-refractivity contribution in [1.82, 2.24) is 0 Å². The number of hydrogen-bond donors (Lipinski definition) is 0. The third-order valence-corrected chi connectivity index (χ3v) is 5.19. The molecule has 150 valence electrons. The third kappa shape index (κ3) is 23.4. The van der Waals surface area contributed by atoms with Crippen molar-refractivity contribution in [3.63, 3.8) is 0 Å². The lowest BCUT2D eigenvalue weighted by Crippen LogP contribution is -1.99. The van der Waals surface area contributed by atoms with Crippen molar-refractivity contribution in [2.24, 2.45) is 0 Å². The molecule has 0 heterocycles. The number of unbranched alkanes of at least 4 members (excludes halogenated alkanes) is 19. The zero-order valence-corrected chi connectivity index (χ0v) is 17.1. The molecule has 0 rings (SSSR count). The fourth-order valence-electron chi connectivity index (χ4n) is 3.50. The highest BCUT2D eigenvalue weighted by Gasteiger charge is 1.97. The molecule has 25 heavy (non-hydrogen) atoms. The van der Waals surface area contributed by atoms with E-state index in [1.807, 2.05) is 0 Å². The topological polar surface area (TPSA) is 43.1 Å². The van der Waals surface area contributed by atoms with Crippen molar-refractivity contribution in [1.29, 1.82) is 0 Å². The lowest BCUT2D eigenvalue weighted by molar-refractivity contribution is -0.480. The second-order valence-electron chi connectivity index (χ2n) is 7.77. The average Bonchev–Trinajstić information content (AvgIpc) is 2.60. The largest absolute Gasteiger partial charge is 0.265 e. The van der Waals surface area contributed by atoms with Gasteiger partial charge in [-0.05, 0) is 6.42 Å². The average molecular weight is 356 g/mol. The Morgan fingerprint density at radius 1 is 0.480 bits per heavy atom. The highest BCUT2D eigenvalue weighted by atomic mass is 16.6. The van der Waals surface area contributed by atoms with E-state index >= 15 is 0 Å². The van der Waals surface area contributed by atoms with Crippen molar-refractivity contribution < 1.29 is 4.92 Å². The zero-order chi connectivity index (χ0) is 18.4. The summed E-state index contributed by atoms with van der Waals surface area (Å²) in [5, 5.41) is 10.2. The molecule has 0 aliphatic rings. The van der Waals surface area contributed by atoms with E-state index in [2.05, 4.69) is 6.92 Å². The van der Waals surface area contributed by atoms with Gasteiger partial charge in [-0.15, -0.1) is 0 Å². The molecular weight excluding hydrogens is 310 g/mol. The summed E-state index contributed by atoms with van der Waals surface area (Å²) in [6.45, 7) is 2.43. The van der Waals surface area contributed by atoms with Gasteiger partial charge in [-0.1, -0.05) is 122 Å². The normalized spacial score (nSPS) is 11.1. The van der Waals surface area contributed by atoms with Crippen LogP contribution in [0, 0.1) is 10.1 Å². The SMILES string of the molecule is CCCCCCCCCCCCCCCCCCCCCC[N+](=O)[O-]. The fourth-order valence-corrected chi connectivity index (χ4v) is 3.50. The molecule has 3 nitrogen and oxygen atoms in total. The molecule has 0 spiro atoms. The summed E-state index contributed by atoms with van der Waals surface area (Å²) in [7, 11) is 0. The predicted molar refractivity (Wildman–Crippen MR) is 110 cm³/mol. The maximum absolute atomic E-state index is 10.2. The first-order valence-corrected chi connectivity index (χ1v) is 11.4. The summed E-state index contributed by atoms with van der Waals surface area (Å²) in [6, 6.07) is 0. The van der Waals surface area contributed by atoms with E-state index in [-0.39, 0.29) is 11.5 Å². The number of rotatable bonds is 21. The van der Waals surface area contributed by atoms with Crippen LogP contribution in [0.15, 0.2) is 0 Å². The van der Waals surface area contributed by atoms with Crippen molar-refractivity contribution in [2.45, 2.75) is 135 Å². The van der Waals surface area contributed by atoms with Gasteiger partial charge in [-0.2, -0.15) is 0 Å². The predicted octanol–water partition coefficient (Wildman–Crippen LogP) is 8.09. The molecule has 0 saturated heterocycles. The van der Waals surface area contributed by atoms with E-state index in [1.54, 1.807) is 0 Å². The summed E-state index contributed by atoms with van der Waals surface area (Å²) in [6.07, 6.45) is 26.9. The van der Waals surface area contributed by atoms with Crippen LogP contribution in [0.25, 0.3) is 0 Å². The molecule has 0 atom stereocenters. The fraction of sp³-hybridized carbons (Fsp3) is 1.00. The lowest BCUT2D eigenvalue weighted by atomic mass is 10.0. The van der Waals surface area contributed by atoms with Crippen molar-refractivity contribution in [2.75, 3.05) is 6.54 Å². The molecule has 0 aromatic heterocycles. The molecule has 0 fully saturated rings. The van der Waals surface area contributed by atoms with Crippen LogP contribution in [0.3, 0.4) is 0 Å². The maximum atomic E-state index is 10.2. The summed E-state index contributed by atoms with van der Waals surface area (Å²) in [5.74, 6) is 0. The Morgan fingerprint density at radius 3 is 0.960 bits per heavy atom. The summed E-state index contributed by atoms with van der Waals surface area (Å²) < 4.78 is 0. The third-order valence-electron chi connectivity index (χ3n) is 5.19. The molecule has 0 amide bonds. The Morgan fingerprint density at radius 2 is 0.720 bits per heavy atom. The van der Waals surface area contributed by atoms with Gasteiger partial charge in [0.25, 0.3) is 0 Å². The van der Waals surface area contributed by atoms with E-state index in [4.69, 9.17) is 0 Å². The molecule has 0 unspecified atom stereocenters. The van der Waals surface area contributed by atoms with Crippen LogP contribution in [0.2, 0.25) is 0 Å². The second kappa shape index (κ2) is 21.4. The molecule has 0 aliphatic heterocycles. The Bertz CT molecular complexity index is 269. The van der Waals surface area contributed by atoms with Crippen LogP contribution in [-0.4, -0.2) is 11.5 Å². The smallest absolute Gasteiger partial charge is 0.203 e. The van der Waals surface area contributed by atoms with Gasteiger partial charge in [0.2, 0.25) is 6.54 Å². The second-order valence-corrected chi connectivity index (χ2v) is 7.77. The monoisotopic (exact) mass is 355 g/mol. The van der Waals surface area contributed by atoms with Crippen LogP contribution in [0.5, 0.6) is 0 Å². The molecule has 3 heteroatoms. The van der Waals surface area contributed by atoms with Gasteiger partial charge in [0.15, 0.2) is 0 Å². The Labute approximate surface area is 157 Å². The Balaban J connectivity index is 2.97. The first-order chi connectivity index (χ1) is 12.3. The van der Waals surface area contributed by atoms with Crippen molar-refractivity contribution in [3.05, 3.63) is 10.1 Å². The van der Waals surface area contributed by atoms with Gasteiger partial charge in [0.05, 0.1) is 0 Å². The molecular formula is C22H45NO2. The Kier molecular flexibility index (Phi) is 20.9. The van der Waals surface area contributed by atoms with Gasteiger partial charge in [0.1, 0.15) is 0 Å². The minimum Gasteiger partial charge on any atom is -0.265 e. The Hall–Kier alpha value is -0.600. The first kappa shape index (κ1) is 24.4. The molecule has 0 radical (unpaired) electrons. The molecule has 0 aliphatic carbocycles. The van der Waals surface area contributed by atoms with Gasteiger partial charge in [0, 0.05) is 11.3 Å². The lowest BCUT2D eigenvalue weighted by Gasteiger charge is -2.03. The number of hydrogen-bond acceptors (Lipinski definition) is 2. The van der Waals surface area contributed by atoms with E-state index in [0.29, 0.717) is 0 Å². The van der Waals surface area contributed by atoms with E-state index in [1.165, 1.54) is 116 Å². The van der Waals surface area contributed by atoms with Crippen molar-refractivity contribution >= 4 is 0 Å². The van der Waals surface area contributed by atoms with E-state index in [9.17, 15) is 10.1 Å². The van der Waals surface area contributed by atoms with Gasteiger partial charge in [-0.25, -0.2) is 0 Å². The molecule has 0 N–H and O–H groups in total. The van der Waals surface area contributed by atoms with Crippen LogP contribution in [-0.2, 0) is 0 Å². The number of nitro groups is 1. The standard InChI is InChI=1S/C22H45NO2/c1-2-3-4-5-6-7-8-9-10-11-12-13-14-15-16-17-18-19-20-21-22-23(24)25/h2-22H2,1H3. The molecule has 0 aromatic rings. The van der Waals surface area contributed by atoms with Crippen molar-refractivity contribution in [3.8, 4) is 0 Å². The number of nitrogens with zero attached hydrogens (tertiary/aromatic N) is 1. The van der Waals surface area contributed by atoms with E-state index in [0.717, 1.165) is 12.8 Å². The quantitative estimate of drug-likeness (QED) is 0.119. The summed E-state index contributed by atoms with van der Waals surface area (Å²) in [5.41, 5.74) is 0. The molecule has 0 aromatic carbocycles. The minimum absolute atomic E-state index is 0.152. The van der Waals surface area contributed by atoms with Crippen LogP contribution >= 0.6 is 0 Å². The first-order valence-electron chi connectivity index (χ1n) is 11.4. The summed E-state index contributed by atoms with van der Waals surface area (Å²) >= 11 is 0. The molecule has 0 bridgehead atoms. The van der Waals surface area contributed by atoms with Gasteiger partial charge in [-0.3, -0.25) is 10.1 Å². The van der Waals surface area contributed by atoms with Crippen LogP contribution in [0.1, 0.15) is 135 Å². The highest BCUT2D eigenvalue weighted by Crippen LogP contribution is 2.14. The van der Waals surface area contributed by atoms with Crippen LogP contribution in [0.4, 0.5) is 0 Å². The van der Waals surface area contributed by atoms with E-state index < -0.39 is 0 Å². The minimum atomic E-state index is -0.200.